The number of piperidine rings is 1. The Bertz CT molecular complexity index is 1930. The Balaban J connectivity index is 0.00000271. The number of pyridine rings is 2. The summed E-state index contributed by atoms with van der Waals surface area (Å²) in [4.78, 5) is 14.5. The van der Waals surface area contributed by atoms with Gasteiger partial charge in [0.2, 0.25) is 11.5 Å². The zero-order chi connectivity index (χ0) is 36.6. The van der Waals surface area contributed by atoms with E-state index in [9.17, 15) is 0 Å². The van der Waals surface area contributed by atoms with Crippen LogP contribution in [0, 0.1) is 6.92 Å². The van der Waals surface area contributed by atoms with E-state index in [0.29, 0.717) is 40.5 Å². The van der Waals surface area contributed by atoms with Gasteiger partial charge in [-0.05, 0) is 91.6 Å². The summed E-state index contributed by atoms with van der Waals surface area (Å²) in [6, 6.07) is 25.5. The summed E-state index contributed by atoms with van der Waals surface area (Å²) in [6.07, 6.45) is 5.85. The monoisotopic (exact) mass is 812 g/mol. The number of aryl methyl sites for hydroxylation is 1. The van der Waals surface area contributed by atoms with Gasteiger partial charge in [-0.2, -0.15) is 0 Å². The fraction of sp³-hybridized carbons (Fsp3) is 0.333. The van der Waals surface area contributed by atoms with Crippen molar-refractivity contribution in [2.75, 3.05) is 60.6 Å². The highest BCUT2D eigenvalue weighted by molar-refractivity contribution is 5.86. The van der Waals surface area contributed by atoms with E-state index < -0.39 is 0 Å². The summed E-state index contributed by atoms with van der Waals surface area (Å²) in [5.74, 6) is 3.53. The van der Waals surface area contributed by atoms with Crippen molar-refractivity contribution in [2.45, 2.75) is 38.9 Å². The van der Waals surface area contributed by atoms with Gasteiger partial charge in [0.05, 0.1) is 54.0 Å². The molecule has 296 valence electrons. The van der Waals surface area contributed by atoms with Crippen LogP contribution in [-0.4, -0.2) is 76.7 Å². The molecule has 3 heterocycles. The first-order valence-electron chi connectivity index (χ1n) is 17.4. The number of rotatable bonds is 14. The van der Waals surface area contributed by atoms with E-state index in [2.05, 4.69) is 70.2 Å². The number of hydrogen-bond acceptors (Lipinski definition) is 10. The standard InChI is InChI=1S/C42H48N4O6.3ClH/c1-28-8-10-33(11-9-28)46(27-30-13-17-44-36(21-30)32-24-39(49-4)42(52-7)40(25-32)50-5)34-14-18-45(19-15-34)26-29-12-16-43-35(20-29)31-22-37(47-2)41(51-6)38(23-31)48-3;;;/h8-13,16-17,20-25,34H,14-15,18-19,26-27H2,1-7H3;3*1H. The number of ether oxygens (including phenoxy) is 6. The average molecular weight is 814 g/mol. The molecule has 5 aromatic rings. The lowest BCUT2D eigenvalue weighted by Gasteiger charge is -2.40. The summed E-state index contributed by atoms with van der Waals surface area (Å²) in [7, 11) is 9.72. The van der Waals surface area contributed by atoms with Gasteiger partial charge < -0.3 is 33.3 Å². The quantitative estimate of drug-likeness (QED) is 0.108. The predicted octanol–water partition coefficient (Wildman–Crippen LogP) is 9.11. The molecule has 10 nitrogen and oxygen atoms in total. The van der Waals surface area contributed by atoms with Crippen LogP contribution < -0.4 is 33.3 Å². The zero-order valence-corrected chi connectivity index (χ0v) is 34.8. The SMILES string of the molecule is COc1cc(-c2cc(CN3CCC(N(Cc4ccnc(-c5cc(OC)c(OC)c(OC)c5)c4)c4ccc(C)cc4)CC3)ccn2)cc(OC)c1OC.Cl.Cl.Cl. The molecule has 3 aromatic carbocycles. The molecule has 0 atom stereocenters. The van der Waals surface area contributed by atoms with Gasteiger partial charge in [0.25, 0.3) is 0 Å². The largest absolute Gasteiger partial charge is 0.493 e. The molecule has 0 spiro atoms. The lowest BCUT2D eigenvalue weighted by atomic mass is 9.99. The van der Waals surface area contributed by atoms with Crippen LogP contribution in [0.15, 0.2) is 85.2 Å². The van der Waals surface area contributed by atoms with Crippen LogP contribution in [0.3, 0.4) is 0 Å². The molecule has 55 heavy (non-hydrogen) atoms. The average Bonchev–Trinajstić information content (AvgIpc) is 3.19. The molecule has 0 bridgehead atoms. The minimum Gasteiger partial charge on any atom is -0.493 e. The number of anilines is 1. The lowest BCUT2D eigenvalue weighted by molar-refractivity contribution is 0.201. The van der Waals surface area contributed by atoms with E-state index >= 15 is 0 Å². The lowest BCUT2D eigenvalue weighted by Crippen LogP contribution is -2.44. The summed E-state index contributed by atoms with van der Waals surface area (Å²) in [5.41, 5.74) is 8.37. The molecule has 0 amide bonds. The number of nitrogens with zero attached hydrogens (tertiary/aromatic N) is 4. The second-order valence-electron chi connectivity index (χ2n) is 12.9. The zero-order valence-electron chi connectivity index (χ0n) is 32.4. The van der Waals surface area contributed by atoms with E-state index in [0.717, 1.165) is 61.5 Å². The first kappa shape index (κ1) is 44.8. The second-order valence-corrected chi connectivity index (χ2v) is 12.9. The molecule has 0 radical (unpaired) electrons. The van der Waals surface area contributed by atoms with E-state index in [-0.39, 0.29) is 37.2 Å². The van der Waals surface area contributed by atoms with Crippen molar-refractivity contribution >= 4 is 42.9 Å². The van der Waals surface area contributed by atoms with Gasteiger partial charge >= 0.3 is 0 Å². The summed E-state index contributed by atoms with van der Waals surface area (Å²) in [5, 5.41) is 0. The maximum Gasteiger partial charge on any atom is 0.203 e. The summed E-state index contributed by atoms with van der Waals surface area (Å²) in [6.45, 7) is 5.71. The van der Waals surface area contributed by atoms with E-state index in [1.165, 1.54) is 22.4 Å². The van der Waals surface area contributed by atoms with Crippen molar-refractivity contribution in [1.82, 2.24) is 14.9 Å². The molecule has 6 rings (SSSR count). The Kier molecular flexibility index (Phi) is 17.0. The number of methoxy groups -OCH3 is 6. The van der Waals surface area contributed by atoms with Crippen LogP contribution >= 0.6 is 37.2 Å². The molecule has 0 aliphatic carbocycles. The maximum absolute atomic E-state index is 5.62. The van der Waals surface area contributed by atoms with Gasteiger partial charge in [0.1, 0.15) is 0 Å². The Morgan fingerprint density at radius 1 is 0.582 bits per heavy atom. The fourth-order valence-corrected chi connectivity index (χ4v) is 6.93. The molecular weight excluding hydrogens is 763 g/mol. The van der Waals surface area contributed by atoms with Crippen molar-refractivity contribution in [3.05, 3.63) is 102 Å². The third-order valence-corrected chi connectivity index (χ3v) is 9.69. The van der Waals surface area contributed by atoms with E-state index in [1.807, 2.05) is 36.7 Å². The highest BCUT2D eigenvalue weighted by atomic mass is 35.5. The smallest absolute Gasteiger partial charge is 0.203 e. The highest BCUT2D eigenvalue weighted by Crippen LogP contribution is 2.42. The third kappa shape index (κ3) is 10.4. The van der Waals surface area contributed by atoms with Gasteiger partial charge in [-0.25, -0.2) is 0 Å². The second kappa shape index (κ2) is 20.9. The molecular formula is C42H51Cl3N4O6. The van der Waals surface area contributed by atoms with Crippen LogP contribution in [0.25, 0.3) is 22.5 Å². The molecule has 13 heteroatoms. The topological polar surface area (TPSA) is 87.6 Å². The number of aromatic nitrogens is 2. The van der Waals surface area contributed by atoms with Gasteiger partial charge in [-0.3, -0.25) is 14.9 Å². The molecule has 1 aliphatic rings. The predicted molar refractivity (Wildman–Crippen MR) is 226 cm³/mol. The minimum atomic E-state index is 0. The van der Waals surface area contributed by atoms with Crippen molar-refractivity contribution in [3.8, 4) is 57.0 Å². The summed E-state index contributed by atoms with van der Waals surface area (Å²) < 4.78 is 33.5. The molecule has 1 aliphatic heterocycles. The molecule has 0 unspecified atom stereocenters. The maximum atomic E-state index is 5.62. The minimum absolute atomic E-state index is 0. The number of halogens is 3. The van der Waals surface area contributed by atoms with Crippen LogP contribution in [0.5, 0.6) is 34.5 Å². The van der Waals surface area contributed by atoms with Gasteiger partial charge in [0, 0.05) is 61.4 Å². The van der Waals surface area contributed by atoms with Crippen molar-refractivity contribution < 1.29 is 28.4 Å². The molecule has 0 saturated carbocycles. The molecule has 1 saturated heterocycles. The Labute approximate surface area is 343 Å². The summed E-state index contributed by atoms with van der Waals surface area (Å²) >= 11 is 0. The van der Waals surface area contributed by atoms with Gasteiger partial charge in [0.15, 0.2) is 23.0 Å². The van der Waals surface area contributed by atoms with Gasteiger partial charge in [-0.1, -0.05) is 17.7 Å². The third-order valence-electron chi connectivity index (χ3n) is 9.69. The Morgan fingerprint density at radius 3 is 1.45 bits per heavy atom. The number of likely N-dealkylation sites (tertiary alicyclic amines) is 1. The van der Waals surface area contributed by atoms with Crippen molar-refractivity contribution in [2.24, 2.45) is 0 Å². The fourth-order valence-electron chi connectivity index (χ4n) is 6.93. The van der Waals surface area contributed by atoms with E-state index in [1.54, 1.807) is 42.7 Å². The first-order chi connectivity index (χ1) is 25.4. The van der Waals surface area contributed by atoms with Crippen molar-refractivity contribution in [3.63, 3.8) is 0 Å². The van der Waals surface area contributed by atoms with Crippen LogP contribution in [0.4, 0.5) is 5.69 Å². The first-order valence-corrected chi connectivity index (χ1v) is 17.4. The van der Waals surface area contributed by atoms with Crippen LogP contribution in [-0.2, 0) is 13.1 Å². The van der Waals surface area contributed by atoms with Crippen molar-refractivity contribution in [1.29, 1.82) is 0 Å². The highest BCUT2D eigenvalue weighted by Gasteiger charge is 2.26. The Hall–Kier alpha value is -4.61. The van der Waals surface area contributed by atoms with Crippen LogP contribution in [0.1, 0.15) is 29.5 Å². The molecule has 1 fully saturated rings. The number of benzene rings is 3. The van der Waals surface area contributed by atoms with Crippen LogP contribution in [0.2, 0.25) is 0 Å². The molecule has 0 N–H and O–H groups in total. The number of hydrogen-bond donors (Lipinski definition) is 0. The van der Waals surface area contributed by atoms with Gasteiger partial charge in [-0.15, -0.1) is 37.2 Å². The van der Waals surface area contributed by atoms with E-state index in [4.69, 9.17) is 33.4 Å². The Morgan fingerprint density at radius 2 is 1.02 bits per heavy atom. The normalized spacial score (nSPS) is 12.6. The molecule has 2 aromatic heterocycles.